The molecule has 1 fully saturated rings. The second-order valence-electron chi connectivity index (χ2n) is 6.26. The van der Waals surface area contributed by atoms with Crippen LogP contribution in [0.25, 0.3) is 0 Å². The predicted molar refractivity (Wildman–Crippen MR) is 72.9 cm³/mol. The number of rotatable bonds is 5. The molecule has 1 aliphatic heterocycles. The van der Waals surface area contributed by atoms with Gasteiger partial charge < -0.3 is 10.8 Å². The van der Waals surface area contributed by atoms with Crippen LogP contribution in [0.15, 0.2) is 0 Å². The molecular formula is C14H30N2O. The van der Waals surface area contributed by atoms with E-state index in [4.69, 9.17) is 5.73 Å². The summed E-state index contributed by atoms with van der Waals surface area (Å²) in [6.45, 7) is 10.2. The van der Waals surface area contributed by atoms with Crippen molar-refractivity contribution in [3.63, 3.8) is 0 Å². The molecule has 1 aliphatic rings. The van der Waals surface area contributed by atoms with Crippen LogP contribution < -0.4 is 5.73 Å². The topological polar surface area (TPSA) is 49.5 Å². The van der Waals surface area contributed by atoms with Gasteiger partial charge in [-0.25, -0.2) is 0 Å². The maximum Gasteiger partial charge on any atom is 0.0602 e. The van der Waals surface area contributed by atoms with Gasteiger partial charge in [0.1, 0.15) is 0 Å². The van der Waals surface area contributed by atoms with Crippen molar-refractivity contribution in [2.24, 2.45) is 17.6 Å². The fourth-order valence-corrected chi connectivity index (χ4v) is 3.11. The van der Waals surface area contributed by atoms with E-state index in [0.717, 1.165) is 18.9 Å². The lowest BCUT2D eigenvalue weighted by Crippen LogP contribution is -2.56. The second kappa shape index (κ2) is 6.72. The Bertz CT molecular complexity index is 220. The number of piperidine rings is 1. The van der Waals surface area contributed by atoms with Gasteiger partial charge in [-0.2, -0.15) is 0 Å². The van der Waals surface area contributed by atoms with E-state index in [-0.39, 0.29) is 18.7 Å². The van der Waals surface area contributed by atoms with E-state index in [1.54, 1.807) is 0 Å². The summed E-state index contributed by atoms with van der Waals surface area (Å²) >= 11 is 0. The van der Waals surface area contributed by atoms with Gasteiger partial charge in [-0.15, -0.1) is 0 Å². The summed E-state index contributed by atoms with van der Waals surface area (Å²) in [5.74, 6) is 1.40. The van der Waals surface area contributed by atoms with Gasteiger partial charge in [-0.05, 0) is 44.6 Å². The van der Waals surface area contributed by atoms with Gasteiger partial charge in [0, 0.05) is 18.1 Å². The number of aliphatic hydroxyl groups excluding tert-OH is 1. The molecule has 0 aromatic carbocycles. The van der Waals surface area contributed by atoms with Gasteiger partial charge in [-0.3, -0.25) is 4.90 Å². The number of nitrogens with two attached hydrogens (primary N) is 1. The van der Waals surface area contributed by atoms with Crippen LogP contribution in [0.5, 0.6) is 0 Å². The highest BCUT2D eigenvalue weighted by Crippen LogP contribution is 2.25. The normalized spacial score (nSPS) is 30.5. The van der Waals surface area contributed by atoms with Gasteiger partial charge >= 0.3 is 0 Å². The van der Waals surface area contributed by atoms with E-state index in [2.05, 4.69) is 32.6 Å². The molecule has 0 radical (unpaired) electrons. The zero-order chi connectivity index (χ0) is 13.0. The molecule has 3 nitrogen and oxygen atoms in total. The summed E-state index contributed by atoms with van der Waals surface area (Å²) in [5, 5.41) is 9.62. The van der Waals surface area contributed by atoms with Crippen LogP contribution in [0.3, 0.4) is 0 Å². The van der Waals surface area contributed by atoms with Crippen LogP contribution >= 0.6 is 0 Å². The first-order chi connectivity index (χ1) is 7.95. The minimum absolute atomic E-state index is 0.0934. The monoisotopic (exact) mass is 242 g/mol. The van der Waals surface area contributed by atoms with Crippen molar-refractivity contribution in [3.05, 3.63) is 0 Å². The van der Waals surface area contributed by atoms with Gasteiger partial charge in [0.05, 0.1) is 6.61 Å². The first-order valence-corrected chi connectivity index (χ1v) is 7.07. The van der Waals surface area contributed by atoms with Gasteiger partial charge in [0.2, 0.25) is 0 Å². The van der Waals surface area contributed by atoms with Gasteiger partial charge in [0.25, 0.3) is 0 Å². The molecule has 3 heteroatoms. The Balaban J connectivity index is 2.60. The van der Waals surface area contributed by atoms with Crippen molar-refractivity contribution >= 4 is 0 Å². The van der Waals surface area contributed by atoms with Gasteiger partial charge in [-0.1, -0.05) is 20.8 Å². The maximum absolute atomic E-state index is 9.62. The maximum atomic E-state index is 9.62. The Morgan fingerprint density at radius 2 is 2.00 bits per heavy atom. The number of likely N-dealkylation sites (tertiary alicyclic amines) is 1. The van der Waals surface area contributed by atoms with Crippen LogP contribution in [-0.4, -0.2) is 41.3 Å². The van der Waals surface area contributed by atoms with Crippen LogP contribution in [0, 0.1) is 11.8 Å². The summed E-state index contributed by atoms with van der Waals surface area (Å²) in [6, 6.07) is 0.782. The minimum Gasteiger partial charge on any atom is -0.395 e. The number of hydrogen-bond donors (Lipinski definition) is 2. The fourth-order valence-electron chi connectivity index (χ4n) is 3.11. The Hall–Kier alpha value is -0.120. The molecule has 102 valence electrons. The van der Waals surface area contributed by atoms with E-state index in [1.165, 1.54) is 12.8 Å². The van der Waals surface area contributed by atoms with Crippen molar-refractivity contribution < 1.29 is 5.11 Å². The Morgan fingerprint density at radius 3 is 2.47 bits per heavy atom. The first kappa shape index (κ1) is 14.9. The zero-order valence-corrected chi connectivity index (χ0v) is 11.9. The second-order valence-corrected chi connectivity index (χ2v) is 6.26. The molecule has 1 saturated heterocycles. The highest BCUT2D eigenvalue weighted by Gasteiger charge is 2.31. The largest absolute Gasteiger partial charge is 0.395 e. The van der Waals surface area contributed by atoms with E-state index < -0.39 is 0 Å². The Kier molecular flexibility index (Phi) is 5.90. The number of nitrogens with zero attached hydrogens (tertiary/aromatic N) is 1. The molecule has 0 spiro atoms. The third-order valence-corrected chi connectivity index (χ3v) is 4.04. The molecule has 1 heterocycles. The quantitative estimate of drug-likeness (QED) is 0.773. The molecular weight excluding hydrogens is 212 g/mol. The lowest BCUT2D eigenvalue weighted by Gasteiger charge is -2.43. The van der Waals surface area contributed by atoms with Crippen molar-refractivity contribution in [2.75, 3.05) is 13.2 Å². The molecule has 3 N–H and O–H groups in total. The number of aliphatic hydroxyl groups is 1. The highest BCUT2D eigenvalue weighted by molar-refractivity contribution is 4.88. The average Bonchev–Trinajstić information content (AvgIpc) is 2.21. The highest BCUT2D eigenvalue weighted by atomic mass is 16.3. The molecule has 1 rings (SSSR count). The van der Waals surface area contributed by atoms with Gasteiger partial charge in [0.15, 0.2) is 0 Å². The SMILES string of the molecule is CC(C)CC(N)C(CO)N1CCC(C)CC1C. The standard InChI is InChI=1S/C14H30N2O/c1-10(2)7-13(15)14(9-17)16-6-5-11(3)8-12(16)4/h10-14,17H,5-9,15H2,1-4H3. The van der Waals surface area contributed by atoms with Crippen molar-refractivity contribution in [1.82, 2.24) is 4.90 Å². The van der Waals surface area contributed by atoms with Crippen molar-refractivity contribution in [2.45, 2.75) is 65.1 Å². The van der Waals surface area contributed by atoms with E-state index in [1.807, 2.05) is 0 Å². The summed E-state index contributed by atoms with van der Waals surface area (Å²) in [5.41, 5.74) is 6.26. The third kappa shape index (κ3) is 4.23. The molecule has 4 unspecified atom stereocenters. The molecule has 17 heavy (non-hydrogen) atoms. The van der Waals surface area contributed by atoms with E-state index in [0.29, 0.717) is 12.0 Å². The summed E-state index contributed by atoms with van der Waals surface area (Å²) < 4.78 is 0. The molecule has 0 aromatic rings. The molecule has 4 atom stereocenters. The van der Waals surface area contributed by atoms with E-state index in [9.17, 15) is 5.11 Å². The first-order valence-electron chi connectivity index (χ1n) is 7.07. The van der Waals surface area contributed by atoms with Crippen LogP contribution in [0.2, 0.25) is 0 Å². The molecule has 0 amide bonds. The Labute approximate surface area is 106 Å². The zero-order valence-electron chi connectivity index (χ0n) is 11.9. The lowest BCUT2D eigenvalue weighted by atomic mass is 9.89. The average molecular weight is 242 g/mol. The molecule has 0 saturated carbocycles. The molecule has 0 aliphatic carbocycles. The predicted octanol–water partition coefficient (Wildman–Crippen LogP) is 1.84. The smallest absolute Gasteiger partial charge is 0.0602 e. The molecule has 0 aromatic heterocycles. The van der Waals surface area contributed by atoms with E-state index >= 15 is 0 Å². The van der Waals surface area contributed by atoms with Crippen LogP contribution in [0.4, 0.5) is 0 Å². The summed E-state index contributed by atoms with van der Waals surface area (Å²) in [6.07, 6.45) is 3.45. The summed E-state index contributed by atoms with van der Waals surface area (Å²) in [7, 11) is 0. The Morgan fingerprint density at radius 1 is 1.35 bits per heavy atom. The minimum atomic E-state index is 0.0934. The molecule has 0 bridgehead atoms. The summed E-state index contributed by atoms with van der Waals surface area (Å²) in [4.78, 5) is 2.42. The van der Waals surface area contributed by atoms with Crippen LogP contribution in [0.1, 0.15) is 47.0 Å². The van der Waals surface area contributed by atoms with Crippen molar-refractivity contribution in [3.8, 4) is 0 Å². The van der Waals surface area contributed by atoms with Crippen LogP contribution in [-0.2, 0) is 0 Å². The third-order valence-electron chi connectivity index (χ3n) is 4.04. The van der Waals surface area contributed by atoms with Crippen molar-refractivity contribution in [1.29, 1.82) is 0 Å². The number of hydrogen-bond acceptors (Lipinski definition) is 3. The fraction of sp³-hybridized carbons (Fsp3) is 1.00. The lowest BCUT2D eigenvalue weighted by molar-refractivity contribution is 0.0328.